The molecule has 74 valence electrons. The Bertz CT molecular complexity index is 211. The lowest BCUT2D eigenvalue weighted by Crippen LogP contribution is -2.64. The van der Waals surface area contributed by atoms with Crippen molar-refractivity contribution in [3.05, 3.63) is 0 Å². The van der Waals surface area contributed by atoms with Crippen LogP contribution in [0.5, 0.6) is 0 Å². The summed E-state index contributed by atoms with van der Waals surface area (Å²) in [6.45, 7) is 3.52. The van der Waals surface area contributed by atoms with Crippen molar-refractivity contribution in [1.29, 1.82) is 0 Å². The maximum Gasteiger partial charge on any atom is 0.234 e. The van der Waals surface area contributed by atoms with E-state index in [-0.39, 0.29) is 11.4 Å². The molecule has 0 atom stereocenters. The number of piperidine rings is 1. The van der Waals surface area contributed by atoms with E-state index < -0.39 is 0 Å². The van der Waals surface area contributed by atoms with Crippen molar-refractivity contribution in [2.24, 2.45) is 0 Å². The minimum Gasteiger partial charge on any atom is -0.353 e. The molecule has 4 nitrogen and oxygen atoms in total. The van der Waals surface area contributed by atoms with Crippen LogP contribution in [0.2, 0.25) is 0 Å². The van der Waals surface area contributed by atoms with Gasteiger partial charge in [-0.2, -0.15) is 0 Å². The molecule has 0 radical (unpaired) electrons. The number of carbonyl (C=O) groups is 1. The first-order chi connectivity index (χ1) is 6.23. The third kappa shape index (κ3) is 1.56. The molecule has 2 rings (SSSR count). The van der Waals surface area contributed by atoms with E-state index in [9.17, 15) is 4.79 Å². The monoisotopic (exact) mass is 183 g/mol. The van der Waals surface area contributed by atoms with E-state index in [1.165, 1.54) is 0 Å². The number of amides is 1. The van der Waals surface area contributed by atoms with E-state index in [1.807, 2.05) is 0 Å². The Morgan fingerprint density at radius 2 is 2.08 bits per heavy atom. The molecule has 0 aliphatic carbocycles. The molecule has 0 aromatic rings. The van der Waals surface area contributed by atoms with Crippen molar-refractivity contribution in [2.45, 2.75) is 18.4 Å². The van der Waals surface area contributed by atoms with Gasteiger partial charge in [0.2, 0.25) is 5.91 Å². The maximum atomic E-state index is 11.1. The summed E-state index contributed by atoms with van der Waals surface area (Å²) in [4.78, 5) is 13.3. The molecule has 4 heteroatoms. The number of likely N-dealkylation sites (N-methyl/N-ethyl adjacent to an activating group) is 1. The van der Waals surface area contributed by atoms with Gasteiger partial charge in [0.1, 0.15) is 0 Å². The Morgan fingerprint density at radius 3 is 2.69 bits per heavy atom. The van der Waals surface area contributed by atoms with Crippen molar-refractivity contribution in [2.75, 3.05) is 33.2 Å². The fourth-order valence-electron chi connectivity index (χ4n) is 2.29. The lowest BCUT2D eigenvalue weighted by molar-refractivity contribution is -0.128. The van der Waals surface area contributed by atoms with Gasteiger partial charge in [-0.25, -0.2) is 0 Å². The second-order valence-electron chi connectivity index (χ2n) is 4.11. The normalized spacial score (nSPS) is 28.8. The highest BCUT2D eigenvalue weighted by atomic mass is 16.2. The highest BCUT2D eigenvalue weighted by Gasteiger charge is 2.39. The minimum absolute atomic E-state index is 0.159. The zero-order valence-electron chi connectivity index (χ0n) is 8.10. The molecule has 0 saturated carbocycles. The fraction of sp³-hybridized carbons (Fsp3) is 0.889. The van der Waals surface area contributed by atoms with Gasteiger partial charge in [0, 0.05) is 12.1 Å². The van der Waals surface area contributed by atoms with Crippen molar-refractivity contribution in [3.63, 3.8) is 0 Å². The van der Waals surface area contributed by atoms with Crippen molar-refractivity contribution in [3.8, 4) is 0 Å². The third-order valence-electron chi connectivity index (χ3n) is 3.34. The number of rotatable bonds is 0. The number of nitrogens with one attached hydrogen (secondary N) is 2. The van der Waals surface area contributed by atoms with Crippen LogP contribution < -0.4 is 10.6 Å². The smallest absolute Gasteiger partial charge is 0.234 e. The van der Waals surface area contributed by atoms with Crippen LogP contribution in [0.4, 0.5) is 0 Å². The molecule has 1 spiro atoms. The molecule has 0 bridgehead atoms. The minimum atomic E-state index is 0.159. The van der Waals surface area contributed by atoms with Crippen molar-refractivity contribution >= 4 is 5.91 Å². The van der Waals surface area contributed by atoms with E-state index >= 15 is 0 Å². The summed E-state index contributed by atoms with van der Waals surface area (Å²) in [6.07, 6.45) is 2.29. The quantitative estimate of drug-likeness (QED) is 0.515. The summed E-state index contributed by atoms with van der Waals surface area (Å²) in [5.74, 6) is 0.159. The van der Waals surface area contributed by atoms with E-state index in [2.05, 4.69) is 22.6 Å². The first-order valence-corrected chi connectivity index (χ1v) is 4.92. The highest BCUT2D eigenvalue weighted by Crippen LogP contribution is 2.25. The first kappa shape index (κ1) is 8.97. The van der Waals surface area contributed by atoms with Crippen LogP contribution in [0.25, 0.3) is 0 Å². The average molecular weight is 183 g/mol. The molecule has 2 N–H and O–H groups in total. The van der Waals surface area contributed by atoms with Gasteiger partial charge in [-0.15, -0.1) is 0 Å². The van der Waals surface area contributed by atoms with Gasteiger partial charge >= 0.3 is 0 Å². The Morgan fingerprint density at radius 1 is 1.38 bits per heavy atom. The summed E-state index contributed by atoms with van der Waals surface area (Å²) in [7, 11) is 2.06. The van der Waals surface area contributed by atoms with E-state index in [0.29, 0.717) is 6.54 Å². The van der Waals surface area contributed by atoms with E-state index in [1.54, 1.807) is 0 Å². The molecule has 0 unspecified atom stereocenters. The van der Waals surface area contributed by atoms with E-state index in [4.69, 9.17) is 0 Å². The molecule has 2 heterocycles. The molecule has 0 aromatic heterocycles. The van der Waals surface area contributed by atoms with Gasteiger partial charge in [-0.1, -0.05) is 0 Å². The molecular weight excluding hydrogens is 166 g/mol. The number of piperazine rings is 1. The lowest BCUT2D eigenvalue weighted by Gasteiger charge is -2.47. The topological polar surface area (TPSA) is 44.4 Å². The van der Waals surface area contributed by atoms with Gasteiger partial charge < -0.3 is 10.6 Å². The van der Waals surface area contributed by atoms with Crippen LogP contribution in [-0.4, -0.2) is 49.6 Å². The fourth-order valence-corrected chi connectivity index (χ4v) is 2.29. The Balaban J connectivity index is 2.07. The summed E-state index contributed by atoms with van der Waals surface area (Å²) >= 11 is 0. The van der Waals surface area contributed by atoms with Crippen LogP contribution in [0.1, 0.15) is 12.8 Å². The first-order valence-electron chi connectivity index (χ1n) is 4.92. The second kappa shape index (κ2) is 3.27. The van der Waals surface area contributed by atoms with Crippen LogP contribution in [-0.2, 0) is 4.79 Å². The molecule has 2 aliphatic rings. The zero-order chi connectivity index (χ0) is 9.31. The Kier molecular flexibility index (Phi) is 2.26. The number of hydrogen-bond donors (Lipinski definition) is 2. The molecule has 13 heavy (non-hydrogen) atoms. The summed E-state index contributed by atoms with van der Waals surface area (Å²) in [5, 5.41) is 6.31. The van der Waals surface area contributed by atoms with Crippen LogP contribution >= 0.6 is 0 Å². The SMILES string of the molecule is CN1CC(=O)NCC12CCNCC2. The highest BCUT2D eigenvalue weighted by molar-refractivity contribution is 5.79. The molecule has 0 aromatic carbocycles. The zero-order valence-corrected chi connectivity index (χ0v) is 8.10. The van der Waals surface area contributed by atoms with Gasteiger partial charge in [0.25, 0.3) is 0 Å². The third-order valence-corrected chi connectivity index (χ3v) is 3.34. The van der Waals surface area contributed by atoms with Crippen LogP contribution in [0.3, 0.4) is 0 Å². The molecule has 2 aliphatic heterocycles. The number of carbonyl (C=O) groups excluding carboxylic acids is 1. The Labute approximate surface area is 78.7 Å². The van der Waals surface area contributed by atoms with Crippen molar-refractivity contribution < 1.29 is 4.79 Å². The second-order valence-corrected chi connectivity index (χ2v) is 4.11. The summed E-state index contributed by atoms with van der Waals surface area (Å²) in [5.41, 5.74) is 0.235. The molecule has 1 amide bonds. The average Bonchev–Trinajstić information content (AvgIpc) is 2.14. The van der Waals surface area contributed by atoms with Gasteiger partial charge in [0.15, 0.2) is 0 Å². The van der Waals surface area contributed by atoms with Crippen LogP contribution in [0.15, 0.2) is 0 Å². The predicted octanol–water partition coefficient (Wildman–Crippen LogP) is -0.830. The standard InChI is InChI=1S/C9H17N3O/c1-12-6-8(13)11-7-9(12)2-4-10-5-3-9/h10H,2-7H2,1H3,(H,11,13). The van der Waals surface area contributed by atoms with Crippen LogP contribution in [0, 0.1) is 0 Å². The largest absolute Gasteiger partial charge is 0.353 e. The maximum absolute atomic E-state index is 11.1. The number of nitrogens with zero attached hydrogens (tertiary/aromatic N) is 1. The Hall–Kier alpha value is -0.610. The van der Waals surface area contributed by atoms with Gasteiger partial charge in [-0.05, 0) is 33.0 Å². The summed E-state index contributed by atoms with van der Waals surface area (Å²) in [6, 6.07) is 0. The molecule has 2 saturated heterocycles. The predicted molar refractivity (Wildman–Crippen MR) is 50.5 cm³/mol. The lowest BCUT2D eigenvalue weighted by atomic mass is 9.85. The number of hydrogen-bond acceptors (Lipinski definition) is 3. The molecular formula is C9H17N3O. The van der Waals surface area contributed by atoms with Gasteiger partial charge in [0.05, 0.1) is 6.54 Å². The van der Waals surface area contributed by atoms with Gasteiger partial charge in [-0.3, -0.25) is 9.69 Å². The summed E-state index contributed by atoms with van der Waals surface area (Å²) < 4.78 is 0. The molecule has 2 fully saturated rings. The van der Waals surface area contributed by atoms with E-state index in [0.717, 1.165) is 32.5 Å². The van der Waals surface area contributed by atoms with Crippen molar-refractivity contribution in [1.82, 2.24) is 15.5 Å².